The number of hydrogen-bond donors (Lipinski definition) is 1. The van der Waals surface area contributed by atoms with Gasteiger partial charge < -0.3 is 15.0 Å². The summed E-state index contributed by atoms with van der Waals surface area (Å²) in [6.45, 7) is 9.34. The summed E-state index contributed by atoms with van der Waals surface area (Å²) in [5.74, 6) is -0.101. The van der Waals surface area contributed by atoms with Crippen molar-refractivity contribution in [2.75, 3.05) is 45.2 Å². The lowest BCUT2D eigenvalue weighted by Gasteiger charge is -2.34. The van der Waals surface area contributed by atoms with Gasteiger partial charge in [-0.1, -0.05) is 31.2 Å². The Morgan fingerprint density at radius 2 is 1.70 bits per heavy atom. The predicted octanol–water partition coefficient (Wildman–Crippen LogP) is 3.22. The number of carbonyl (C=O) groups is 1. The molecule has 3 rings (SSSR count). The molecule has 27 heavy (non-hydrogen) atoms. The maximum atomic E-state index is 12.5. The summed E-state index contributed by atoms with van der Waals surface area (Å²) < 4.78 is 5.13. The van der Waals surface area contributed by atoms with Crippen LogP contribution < -0.4 is 5.32 Å². The molecular weight excluding hydrogens is 338 g/mol. The van der Waals surface area contributed by atoms with E-state index in [9.17, 15) is 4.79 Å². The summed E-state index contributed by atoms with van der Waals surface area (Å²) in [7, 11) is 1.65. The van der Waals surface area contributed by atoms with Gasteiger partial charge in [0.15, 0.2) is 0 Å². The molecule has 2 aromatic rings. The monoisotopic (exact) mass is 367 g/mol. The van der Waals surface area contributed by atoms with Crippen LogP contribution in [0.1, 0.15) is 28.4 Å². The summed E-state index contributed by atoms with van der Waals surface area (Å²) in [6, 6.07) is 15.7. The second-order valence-electron chi connectivity index (χ2n) is 6.99. The quantitative estimate of drug-likeness (QED) is 0.816. The van der Waals surface area contributed by atoms with Gasteiger partial charge in [-0.25, -0.2) is 0 Å². The number of ether oxygens (including phenoxy) is 1. The third-order valence-electron chi connectivity index (χ3n) is 5.03. The Balaban J connectivity index is 1.54. The number of benzene rings is 2. The molecule has 5 heteroatoms. The highest BCUT2D eigenvalue weighted by Crippen LogP contribution is 2.15. The molecule has 1 aliphatic heterocycles. The Labute approximate surface area is 161 Å². The first-order valence-electron chi connectivity index (χ1n) is 9.61. The van der Waals surface area contributed by atoms with Crippen LogP contribution in [-0.4, -0.2) is 55.5 Å². The largest absolute Gasteiger partial charge is 0.380 e. The van der Waals surface area contributed by atoms with E-state index < -0.39 is 0 Å². The van der Waals surface area contributed by atoms with Gasteiger partial charge in [-0.15, -0.1) is 0 Å². The first kappa shape index (κ1) is 19.5. The zero-order valence-corrected chi connectivity index (χ0v) is 16.3. The SMILES string of the molecule is CCN1CCN(Cc2ccc(NC(=O)c3cccc(COC)c3)cc2)CC1. The van der Waals surface area contributed by atoms with E-state index in [0.29, 0.717) is 12.2 Å². The first-order chi connectivity index (χ1) is 13.2. The summed E-state index contributed by atoms with van der Waals surface area (Å²) in [4.78, 5) is 17.4. The second kappa shape index (κ2) is 9.65. The highest BCUT2D eigenvalue weighted by molar-refractivity contribution is 6.04. The van der Waals surface area contributed by atoms with Crippen LogP contribution >= 0.6 is 0 Å². The number of methoxy groups -OCH3 is 1. The molecule has 0 atom stereocenters. The minimum absolute atomic E-state index is 0.101. The summed E-state index contributed by atoms with van der Waals surface area (Å²) in [5.41, 5.74) is 3.72. The van der Waals surface area contributed by atoms with Gasteiger partial charge in [0.25, 0.3) is 5.91 Å². The van der Waals surface area contributed by atoms with Gasteiger partial charge in [-0.2, -0.15) is 0 Å². The predicted molar refractivity (Wildman–Crippen MR) is 109 cm³/mol. The van der Waals surface area contributed by atoms with E-state index in [1.165, 1.54) is 5.56 Å². The molecule has 0 aromatic heterocycles. The summed E-state index contributed by atoms with van der Waals surface area (Å²) >= 11 is 0. The molecule has 0 saturated carbocycles. The molecule has 1 N–H and O–H groups in total. The molecule has 144 valence electrons. The van der Waals surface area contributed by atoms with Crippen LogP contribution in [0.15, 0.2) is 48.5 Å². The maximum Gasteiger partial charge on any atom is 0.255 e. The van der Waals surface area contributed by atoms with E-state index in [1.807, 2.05) is 36.4 Å². The Kier molecular flexibility index (Phi) is 6.98. The highest BCUT2D eigenvalue weighted by atomic mass is 16.5. The molecule has 1 aliphatic rings. The van der Waals surface area contributed by atoms with Crippen LogP contribution in [0, 0.1) is 0 Å². The van der Waals surface area contributed by atoms with E-state index in [0.717, 1.165) is 50.5 Å². The number of piperazine rings is 1. The first-order valence-corrected chi connectivity index (χ1v) is 9.61. The van der Waals surface area contributed by atoms with Gasteiger partial charge in [-0.3, -0.25) is 9.69 Å². The van der Waals surface area contributed by atoms with Crippen LogP contribution in [0.4, 0.5) is 5.69 Å². The molecule has 1 amide bonds. The number of anilines is 1. The average molecular weight is 367 g/mol. The van der Waals surface area contributed by atoms with Crippen LogP contribution in [0.25, 0.3) is 0 Å². The topological polar surface area (TPSA) is 44.8 Å². The smallest absolute Gasteiger partial charge is 0.255 e. The zero-order chi connectivity index (χ0) is 19.1. The van der Waals surface area contributed by atoms with Gasteiger partial charge in [-0.05, 0) is 41.9 Å². The van der Waals surface area contributed by atoms with Crippen LogP contribution in [-0.2, 0) is 17.9 Å². The van der Waals surface area contributed by atoms with E-state index in [1.54, 1.807) is 7.11 Å². The van der Waals surface area contributed by atoms with Crippen molar-refractivity contribution in [1.82, 2.24) is 9.80 Å². The summed E-state index contributed by atoms with van der Waals surface area (Å²) in [6.07, 6.45) is 0. The van der Waals surface area contributed by atoms with Crippen molar-refractivity contribution in [2.24, 2.45) is 0 Å². The Morgan fingerprint density at radius 3 is 2.37 bits per heavy atom. The van der Waals surface area contributed by atoms with Crippen molar-refractivity contribution in [3.8, 4) is 0 Å². The minimum Gasteiger partial charge on any atom is -0.380 e. The highest BCUT2D eigenvalue weighted by Gasteiger charge is 2.15. The molecule has 0 radical (unpaired) electrons. The fourth-order valence-electron chi connectivity index (χ4n) is 3.39. The van der Waals surface area contributed by atoms with Crippen molar-refractivity contribution in [2.45, 2.75) is 20.1 Å². The molecule has 0 spiro atoms. The van der Waals surface area contributed by atoms with E-state index in [2.05, 4.69) is 34.2 Å². The number of rotatable bonds is 7. The van der Waals surface area contributed by atoms with Gasteiger partial charge in [0.2, 0.25) is 0 Å². The van der Waals surface area contributed by atoms with Gasteiger partial charge in [0.05, 0.1) is 6.61 Å². The van der Waals surface area contributed by atoms with Crippen molar-refractivity contribution >= 4 is 11.6 Å². The molecule has 1 fully saturated rings. The Morgan fingerprint density at radius 1 is 1.00 bits per heavy atom. The third kappa shape index (κ3) is 5.63. The molecule has 1 saturated heterocycles. The lowest BCUT2D eigenvalue weighted by Crippen LogP contribution is -2.45. The fourth-order valence-corrected chi connectivity index (χ4v) is 3.39. The Bertz CT molecular complexity index is 737. The van der Waals surface area contributed by atoms with Crippen molar-refractivity contribution in [3.05, 3.63) is 65.2 Å². The minimum atomic E-state index is -0.101. The maximum absolute atomic E-state index is 12.5. The number of likely N-dealkylation sites (N-methyl/N-ethyl adjacent to an activating group) is 1. The number of carbonyl (C=O) groups excluding carboxylic acids is 1. The van der Waals surface area contributed by atoms with Crippen molar-refractivity contribution in [1.29, 1.82) is 0 Å². The van der Waals surface area contributed by atoms with Crippen molar-refractivity contribution in [3.63, 3.8) is 0 Å². The molecule has 5 nitrogen and oxygen atoms in total. The van der Waals surface area contributed by atoms with E-state index in [4.69, 9.17) is 4.74 Å². The normalized spacial score (nSPS) is 15.6. The van der Waals surface area contributed by atoms with Gasteiger partial charge >= 0.3 is 0 Å². The van der Waals surface area contributed by atoms with Crippen molar-refractivity contribution < 1.29 is 9.53 Å². The standard InChI is InChI=1S/C22H29N3O2/c1-3-24-11-13-25(14-12-24)16-18-7-9-21(10-8-18)23-22(26)20-6-4-5-19(15-20)17-27-2/h4-10,15H,3,11-14,16-17H2,1-2H3,(H,23,26). The molecule has 0 aliphatic carbocycles. The molecule has 1 heterocycles. The Hall–Kier alpha value is -2.21. The molecular formula is C22H29N3O2. The van der Waals surface area contributed by atoms with Crippen LogP contribution in [0.5, 0.6) is 0 Å². The van der Waals surface area contributed by atoms with E-state index in [-0.39, 0.29) is 5.91 Å². The zero-order valence-electron chi connectivity index (χ0n) is 16.3. The number of hydrogen-bond acceptors (Lipinski definition) is 4. The van der Waals surface area contributed by atoms with Crippen LogP contribution in [0.3, 0.4) is 0 Å². The van der Waals surface area contributed by atoms with Gasteiger partial charge in [0.1, 0.15) is 0 Å². The number of nitrogens with one attached hydrogen (secondary N) is 1. The molecule has 0 bridgehead atoms. The van der Waals surface area contributed by atoms with Gasteiger partial charge in [0, 0.05) is 51.1 Å². The second-order valence-corrected chi connectivity index (χ2v) is 6.99. The molecule has 0 unspecified atom stereocenters. The number of amides is 1. The fraction of sp³-hybridized carbons (Fsp3) is 0.409. The molecule has 2 aromatic carbocycles. The lowest BCUT2D eigenvalue weighted by molar-refractivity contribution is 0.102. The average Bonchev–Trinajstić information content (AvgIpc) is 2.70. The van der Waals surface area contributed by atoms with E-state index >= 15 is 0 Å². The van der Waals surface area contributed by atoms with Crippen LogP contribution in [0.2, 0.25) is 0 Å². The third-order valence-corrected chi connectivity index (χ3v) is 5.03. The summed E-state index contributed by atoms with van der Waals surface area (Å²) in [5, 5.41) is 2.97. The number of nitrogens with zero attached hydrogens (tertiary/aromatic N) is 2. The lowest BCUT2D eigenvalue weighted by atomic mass is 10.1.